The van der Waals surface area contributed by atoms with Crippen molar-refractivity contribution >= 4 is 11.4 Å². The van der Waals surface area contributed by atoms with Crippen LogP contribution in [0.15, 0.2) is 41.2 Å². The second kappa shape index (κ2) is 2.86. The molecule has 0 fully saturated rings. The Bertz CT molecular complexity index is 403. The Balaban J connectivity index is 2.47. The van der Waals surface area contributed by atoms with Gasteiger partial charge < -0.3 is 15.9 Å². The smallest absolute Gasteiger partial charge is 0.114 e. The van der Waals surface area contributed by atoms with Crippen molar-refractivity contribution in [3.8, 4) is 11.1 Å². The van der Waals surface area contributed by atoms with Gasteiger partial charge in [0.2, 0.25) is 0 Å². The van der Waals surface area contributed by atoms with Crippen molar-refractivity contribution < 1.29 is 4.42 Å². The topological polar surface area (TPSA) is 65.2 Å². The molecule has 0 aliphatic rings. The summed E-state index contributed by atoms with van der Waals surface area (Å²) in [6.45, 7) is 0. The number of nitrogens with two attached hydrogens (primary N) is 2. The molecule has 3 heteroatoms. The van der Waals surface area contributed by atoms with Crippen LogP contribution in [0.25, 0.3) is 11.1 Å². The van der Waals surface area contributed by atoms with Gasteiger partial charge in [-0.3, -0.25) is 0 Å². The maximum Gasteiger partial charge on any atom is 0.114 e. The highest BCUT2D eigenvalue weighted by Crippen LogP contribution is 2.26. The molecule has 1 heterocycles. The monoisotopic (exact) mass is 174 g/mol. The Hall–Kier alpha value is -1.90. The van der Waals surface area contributed by atoms with Crippen LogP contribution in [-0.2, 0) is 0 Å². The molecule has 0 saturated carbocycles. The van der Waals surface area contributed by atoms with Gasteiger partial charge in [0.1, 0.15) is 12.5 Å². The van der Waals surface area contributed by atoms with Crippen molar-refractivity contribution in [1.29, 1.82) is 0 Å². The third kappa shape index (κ3) is 1.36. The third-order valence-corrected chi connectivity index (χ3v) is 1.91. The van der Waals surface area contributed by atoms with Crippen LogP contribution < -0.4 is 11.5 Å². The minimum atomic E-state index is 0.643. The van der Waals surface area contributed by atoms with E-state index in [1.807, 2.05) is 24.3 Å². The summed E-state index contributed by atoms with van der Waals surface area (Å²) < 4.78 is 4.97. The van der Waals surface area contributed by atoms with Gasteiger partial charge in [0, 0.05) is 11.3 Å². The van der Waals surface area contributed by atoms with Crippen LogP contribution in [0.4, 0.5) is 11.4 Å². The molecular weight excluding hydrogens is 164 g/mol. The van der Waals surface area contributed by atoms with E-state index in [1.54, 1.807) is 6.26 Å². The van der Waals surface area contributed by atoms with Crippen LogP contribution >= 0.6 is 0 Å². The first kappa shape index (κ1) is 7.73. The summed E-state index contributed by atoms with van der Waals surface area (Å²) in [6.07, 6.45) is 3.15. The van der Waals surface area contributed by atoms with E-state index in [2.05, 4.69) is 0 Å². The van der Waals surface area contributed by atoms with Gasteiger partial charge in [0.15, 0.2) is 0 Å². The van der Waals surface area contributed by atoms with E-state index in [4.69, 9.17) is 15.9 Å². The number of hydrogen-bond acceptors (Lipinski definition) is 3. The van der Waals surface area contributed by atoms with E-state index < -0.39 is 0 Å². The molecule has 66 valence electrons. The molecule has 0 aliphatic carbocycles. The number of hydrogen-bond donors (Lipinski definition) is 2. The van der Waals surface area contributed by atoms with Gasteiger partial charge in [-0.05, 0) is 17.7 Å². The zero-order chi connectivity index (χ0) is 9.26. The molecule has 13 heavy (non-hydrogen) atoms. The van der Waals surface area contributed by atoms with E-state index in [-0.39, 0.29) is 0 Å². The minimum absolute atomic E-state index is 0.643. The van der Waals surface area contributed by atoms with Crippen molar-refractivity contribution in [2.45, 2.75) is 0 Å². The Kier molecular flexibility index (Phi) is 1.70. The standard InChI is InChI=1S/C10H10N2O/c11-8-3-1-7(2-4-8)9-5-13-6-10(9)12/h1-6H,11-12H2. The van der Waals surface area contributed by atoms with Crippen molar-refractivity contribution in [2.24, 2.45) is 0 Å². The molecule has 0 atom stereocenters. The van der Waals surface area contributed by atoms with Crippen LogP contribution in [0.3, 0.4) is 0 Å². The molecule has 0 saturated heterocycles. The molecular formula is C10H10N2O. The molecule has 1 aromatic carbocycles. The molecule has 0 amide bonds. The van der Waals surface area contributed by atoms with Gasteiger partial charge in [-0.1, -0.05) is 12.1 Å². The number of rotatable bonds is 1. The van der Waals surface area contributed by atoms with Gasteiger partial charge >= 0.3 is 0 Å². The van der Waals surface area contributed by atoms with E-state index in [0.717, 1.165) is 16.8 Å². The Morgan fingerprint density at radius 1 is 0.923 bits per heavy atom. The Labute approximate surface area is 76.0 Å². The molecule has 2 aromatic rings. The van der Waals surface area contributed by atoms with Crippen LogP contribution in [0.2, 0.25) is 0 Å². The summed E-state index contributed by atoms with van der Waals surface area (Å²) in [5, 5.41) is 0. The van der Waals surface area contributed by atoms with E-state index >= 15 is 0 Å². The molecule has 0 unspecified atom stereocenters. The molecule has 4 N–H and O–H groups in total. The molecule has 0 spiro atoms. The van der Waals surface area contributed by atoms with Crippen molar-refractivity contribution in [2.75, 3.05) is 11.5 Å². The quantitative estimate of drug-likeness (QED) is 0.651. The highest BCUT2D eigenvalue weighted by molar-refractivity contribution is 5.75. The number of anilines is 2. The lowest BCUT2D eigenvalue weighted by Gasteiger charge is -1.98. The number of benzene rings is 1. The summed E-state index contributed by atoms with van der Waals surface area (Å²) in [4.78, 5) is 0. The summed E-state index contributed by atoms with van der Waals surface area (Å²) in [6, 6.07) is 7.50. The summed E-state index contributed by atoms with van der Waals surface area (Å²) >= 11 is 0. The maximum absolute atomic E-state index is 5.69. The van der Waals surface area contributed by atoms with Crippen molar-refractivity contribution in [1.82, 2.24) is 0 Å². The van der Waals surface area contributed by atoms with Crippen molar-refractivity contribution in [3.05, 3.63) is 36.8 Å². The third-order valence-electron chi connectivity index (χ3n) is 1.91. The van der Waals surface area contributed by atoms with Crippen LogP contribution in [-0.4, -0.2) is 0 Å². The molecule has 3 nitrogen and oxygen atoms in total. The molecule has 2 rings (SSSR count). The fourth-order valence-electron chi connectivity index (χ4n) is 1.20. The molecule has 0 aliphatic heterocycles. The highest BCUT2D eigenvalue weighted by atomic mass is 16.3. The second-order valence-electron chi connectivity index (χ2n) is 2.86. The van der Waals surface area contributed by atoms with E-state index in [1.165, 1.54) is 6.26 Å². The average Bonchev–Trinajstić information content (AvgIpc) is 2.53. The van der Waals surface area contributed by atoms with Crippen molar-refractivity contribution in [3.63, 3.8) is 0 Å². The van der Waals surface area contributed by atoms with Gasteiger partial charge in [-0.25, -0.2) is 0 Å². The predicted octanol–water partition coefficient (Wildman–Crippen LogP) is 2.11. The second-order valence-corrected chi connectivity index (χ2v) is 2.86. The highest BCUT2D eigenvalue weighted by Gasteiger charge is 2.03. The lowest BCUT2D eigenvalue weighted by molar-refractivity contribution is 0.569. The van der Waals surface area contributed by atoms with E-state index in [0.29, 0.717) is 5.69 Å². The minimum Gasteiger partial charge on any atom is -0.470 e. The number of nitrogen functional groups attached to an aromatic ring is 2. The molecule has 1 aromatic heterocycles. The van der Waals surface area contributed by atoms with Gasteiger partial charge in [0.25, 0.3) is 0 Å². The van der Waals surface area contributed by atoms with Crippen LogP contribution in [0.5, 0.6) is 0 Å². The number of furan rings is 1. The normalized spacial score (nSPS) is 10.2. The summed E-state index contributed by atoms with van der Waals surface area (Å²) in [7, 11) is 0. The zero-order valence-corrected chi connectivity index (χ0v) is 7.03. The summed E-state index contributed by atoms with van der Waals surface area (Å²) in [5.74, 6) is 0. The fraction of sp³-hybridized carbons (Fsp3) is 0. The summed E-state index contributed by atoms with van der Waals surface area (Å²) in [5.41, 5.74) is 14.6. The Morgan fingerprint density at radius 2 is 1.62 bits per heavy atom. The lowest BCUT2D eigenvalue weighted by atomic mass is 10.1. The zero-order valence-electron chi connectivity index (χ0n) is 7.03. The van der Waals surface area contributed by atoms with Gasteiger partial charge in [-0.2, -0.15) is 0 Å². The maximum atomic E-state index is 5.69. The predicted molar refractivity (Wildman–Crippen MR) is 53.0 cm³/mol. The van der Waals surface area contributed by atoms with Gasteiger partial charge in [-0.15, -0.1) is 0 Å². The SMILES string of the molecule is Nc1ccc(-c2cocc2N)cc1. The van der Waals surface area contributed by atoms with Crippen LogP contribution in [0.1, 0.15) is 0 Å². The fourth-order valence-corrected chi connectivity index (χ4v) is 1.20. The Morgan fingerprint density at radius 3 is 2.15 bits per heavy atom. The first-order valence-electron chi connectivity index (χ1n) is 3.95. The first-order chi connectivity index (χ1) is 6.27. The van der Waals surface area contributed by atoms with Crippen LogP contribution in [0, 0.1) is 0 Å². The first-order valence-corrected chi connectivity index (χ1v) is 3.95. The lowest BCUT2D eigenvalue weighted by Crippen LogP contribution is -1.86. The molecule has 0 radical (unpaired) electrons. The van der Waals surface area contributed by atoms with E-state index in [9.17, 15) is 0 Å². The average molecular weight is 174 g/mol. The molecule has 0 bridgehead atoms. The largest absolute Gasteiger partial charge is 0.470 e. The van der Waals surface area contributed by atoms with Gasteiger partial charge in [0.05, 0.1) is 5.69 Å².